The zero-order chi connectivity index (χ0) is 14.9. The van der Waals surface area contributed by atoms with Crippen molar-refractivity contribution in [2.75, 3.05) is 6.54 Å². The number of aliphatic imine (C=N–C) groups is 1. The van der Waals surface area contributed by atoms with E-state index < -0.39 is 0 Å². The van der Waals surface area contributed by atoms with Crippen molar-refractivity contribution in [1.82, 2.24) is 4.90 Å². The lowest BCUT2D eigenvalue weighted by Crippen LogP contribution is -2.40. The summed E-state index contributed by atoms with van der Waals surface area (Å²) in [4.78, 5) is 19.1. The summed E-state index contributed by atoms with van der Waals surface area (Å²) in [6.07, 6.45) is 12.1. The third-order valence-corrected chi connectivity index (χ3v) is 4.58. The number of esters is 1. The molecule has 4 heteroatoms. The molecular formula is C18H18N2O2. The Hall–Kier alpha value is -2.36. The van der Waals surface area contributed by atoms with Crippen LogP contribution in [0.15, 0.2) is 53.6 Å². The average molecular weight is 294 g/mol. The maximum atomic E-state index is 12.3. The van der Waals surface area contributed by atoms with E-state index >= 15 is 0 Å². The molecule has 1 aromatic rings. The molecule has 1 aliphatic carbocycles. The number of nitrogens with zero attached hydrogens (tertiary/aromatic N) is 2. The van der Waals surface area contributed by atoms with Crippen molar-refractivity contribution >= 4 is 12.3 Å². The number of ether oxygens (including phenoxy) is 1. The van der Waals surface area contributed by atoms with E-state index in [1.54, 1.807) is 0 Å². The van der Waals surface area contributed by atoms with Gasteiger partial charge in [0.1, 0.15) is 5.75 Å². The molecule has 3 unspecified atom stereocenters. The molecule has 2 aliphatic heterocycles. The van der Waals surface area contributed by atoms with Crippen LogP contribution < -0.4 is 4.74 Å². The number of rotatable bonds is 2. The minimum absolute atomic E-state index is 0.0137. The highest BCUT2D eigenvalue weighted by atomic mass is 16.5. The molecule has 3 atom stereocenters. The topological polar surface area (TPSA) is 41.9 Å². The Morgan fingerprint density at radius 3 is 3.00 bits per heavy atom. The Morgan fingerprint density at radius 2 is 2.14 bits per heavy atom. The first kappa shape index (κ1) is 13.3. The van der Waals surface area contributed by atoms with Crippen molar-refractivity contribution in [3.8, 4) is 5.75 Å². The van der Waals surface area contributed by atoms with Crippen molar-refractivity contribution in [2.45, 2.75) is 24.9 Å². The Kier molecular flexibility index (Phi) is 3.29. The lowest BCUT2D eigenvalue weighted by atomic mass is 9.90. The van der Waals surface area contributed by atoms with Crippen molar-refractivity contribution in [2.24, 2.45) is 10.9 Å². The van der Waals surface area contributed by atoms with Gasteiger partial charge in [-0.2, -0.15) is 0 Å². The van der Waals surface area contributed by atoms with Crippen molar-refractivity contribution in [3.05, 3.63) is 54.1 Å². The number of allylic oxidation sites excluding steroid dienone is 2. The van der Waals surface area contributed by atoms with Crippen LogP contribution >= 0.6 is 0 Å². The van der Waals surface area contributed by atoms with Crippen LogP contribution in [0.25, 0.3) is 0 Å². The molecule has 2 heterocycles. The molecular weight excluding hydrogens is 276 g/mol. The minimum Gasteiger partial charge on any atom is -0.426 e. The van der Waals surface area contributed by atoms with Gasteiger partial charge in [0, 0.05) is 6.54 Å². The van der Waals surface area contributed by atoms with Crippen LogP contribution in [-0.2, 0) is 11.2 Å². The first-order valence-electron chi connectivity index (χ1n) is 7.73. The predicted molar refractivity (Wildman–Crippen MR) is 84.9 cm³/mol. The monoisotopic (exact) mass is 294 g/mol. The molecule has 0 amide bonds. The van der Waals surface area contributed by atoms with Gasteiger partial charge in [0.05, 0.1) is 24.3 Å². The van der Waals surface area contributed by atoms with E-state index in [0.717, 1.165) is 18.5 Å². The molecule has 112 valence electrons. The van der Waals surface area contributed by atoms with Gasteiger partial charge in [0.25, 0.3) is 0 Å². The number of fused-ring (bicyclic) bond motifs is 1. The van der Waals surface area contributed by atoms with Gasteiger partial charge in [-0.1, -0.05) is 42.5 Å². The fourth-order valence-corrected chi connectivity index (χ4v) is 3.32. The lowest BCUT2D eigenvalue weighted by molar-refractivity contribution is -0.140. The van der Waals surface area contributed by atoms with Gasteiger partial charge in [0.2, 0.25) is 0 Å². The van der Waals surface area contributed by atoms with Crippen molar-refractivity contribution < 1.29 is 9.53 Å². The molecule has 0 spiro atoms. The predicted octanol–water partition coefficient (Wildman–Crippen LogP) is 2.36. The van der Waals surface area contributed by atoms with Gasteiger partial charge in [-0.05, 0) is 24.5 Å². The minimum atomic E-state index is -0.181. The van der Waals surface area contributed by atoms with Crippen LogP contribution in [0.5, 0.6) is 5.75 Å². The second-order valence-corrected chi connectivity index (χ2v) is 5.98. The summed E-state index contributed by atoms with van der Waals surface area (Å²) >= 11 is 0. The van der Waals surface area contributed by atoms with Crippen LogP contribution in [0, 0.1) is 5.92 Å². The van der Waals surface area contributed by atoms with Gasteiger partial charge in [0.15, 0.2) is 0 Å². The van der Waals surface area contributed by atoms with Crippen LogP contribution in [0.4, 0.5) is 0 Å². The maximum absolute atomic E-state index is 12.3. The Labute approximate surface area is 129 Å². The molecule has 4 nitrogen and oxygen atoms in total. The Bertz CT molecular complexity index is 677. The molecule has 4 rings (SSSR count). The summed E-state index contributed by atoms with van der Waals surface area (Å²) in [7, 11) is 0. The van der Waals surface area contributed by atoms with E-state index in [4.69, 9.17) is 4.74 Å². The van der Waals surface area contributed by atoms with Gasteiger partial charge >= 0.3 is 5.97 Å². The lowest BCUT2D eigenvalue weighted by Gasteiger charge is -2.29. The normalized spacial score (nSPS) is 29.5. The molecule has 0 fully saturated rings. The SMILES string of the molecule is O=C1Oc2ccccc2CC1C1CN(C2C=CC=CC2)C=N1. The molecule has 0 aromatic heterocycles. The molecule has 0 bridgehead atoms. The zero-order valence-corrected chi connectivity index (χ0v) is 12.3. The quantitative estimate of drug-likeness (QED) is 0.621. The molecule has 22 heavy (non-hydrogen) atoms. The highest BCUT2D eigenvalue weighted by Crippen LogP contribution is 2.31. The molecule has 0 radical (unpaired) electrons. The fraction of sp³-hybridized carbons (Fsp3) is 0.333. The van der Waals surface area contributed by atoms with Gasteiger partial charge in [-0.3, -0.25) is 9.79 Å². The number of para-hydroxylation sites is 1. The van der Waals surface area contributed by atoms with Crippen molar-refractivity contribution in [3.63, 3.8) is 0 Å². The van der Waals surface area contributed by atoms with Crippen molar-refractivity contribution in [1.29, 1.82) is 0 Å². The van der Waals surface area contributed by atoms with E-state index in [2.05, 4.69) is 34.2 Å². The Morgan fingerprint density at radius 1 is 1.23 bits per heavy atom. The smallest absolute Gasteiger partial charge is 0.316 e. The van der Waals surface area contributed by atoms with E-state index in [-0.39, 0.29) is 17.9 Å². The summed E-state index contributed by atoms with van der Waals surface area (Å²) in [5.74, 6) is 0.365. The second kappa shape index (κ2) is 5.44. The summed E-state index contributed by atoms with van der Waals surface area (Å²) in [5, 5.41) is 0. The average Bonchev–Trinajstić information content (AvgIpc) is 3.05. The first-order chi connectivity index (χ1) is 10.8. The standard InChI is InChI=1S/C18H18N2O2/c21-18-15(10-13-6-4-5-9-17(13)22-18)16-11-20(12-19-16)14-7-2-1-3-8-14/h1-7,9,12,14-16H,8,10-11H2. The van der Waals surface area contributed by atoms with Gasteiger partial charge in [-0.25, -0.2) is 0 Å². The fourth-order valence-electron chi connectivity index (χ4n) is 3.32. The molecule has 0 saturated heterocycles. The first-order valence-corrected chi connectivity index (χ1v) is 7.73. The summed E-state index contributed by atoms with van der Waals surface area (Å²) < 4.78 is 5.48. The Balaban J connectivity index is 1.48. The highest BCUT2D eigenvalue weighted by Gasteiger charge is 2.38. The number of hydrogen-bond acceptors (Lipinski definition) is 4. The highest BCUT2D eigenvalue weighted by molar-refractivity contribution is 5.79. The van der Waals surface area contributed by atoms with E-state index in [0.29, 0.717) is 18.2 Å². The van der Waals surface area contributed by atoms with Crippen LogP contribution in [0.1, 0.15) is 12.0 Å². The summed E-state index contributed by atoms with van der Waals surface area (Å²) in [6.45, 7) is 0.783. The number of carbonyl (C=O) groups excluding carboxylic acids is 1. The summed E-state index contributed by atoms with van der Waals surface area (Å²) in [6, 6.07) is 8.10. The molecule has 1 aromatic carbocycles. The third-order valence-electron chi connectivity index (χ3n) is 4.58. The van der Waals surface area contributed by atoms with Crippen LogP contribution in [0.3, 0.4) is 0 Å². The second-order valence-electron chi connectivity index (χ2n) is 5.98. The van der Waals surface area contributed by atoms with E-state index in [9.17, 15) is 4.79 Å². The number of carbonyl (C=O) groups is 1. The largest absolute Gasteiger partial charge is 0.426 e. The van der Waals surface area contributed by atoms with E-state index in [1.807, 2.05) is 30.6 Å². The zero-order valence-electron chi connectivity index (χ0n) is 12.3. The van der Waals surface area contributed by atoms with Gasteiger partial charge < -0.3 is 9.64 Å². The van der Waals surface area contributed by atoms with E-state index in [1.165, 1.54) is 0 Å². The maximum Gasteiger partial charge on any atom is 0.316 e. The molecule has 0 saturated carbocycles. The van der Waals surface area contributed by atoms with Gasteiger partial charge in [-0.15, -0.1) is 0 Å². The summed E-state index contributed by atoms with van der Waals surface area (Å²) in [5.41, 5.74) is 1.10. The molecule has 3 aliphatic rings. The number of hydrogen-bond donors (Lipinski definition) is 0. The number of benzene rings is 1. The van der Waals surface area contributed by atoms with Crippen LogP contribution in [0.2, 0.25) is 0 Å². The molecule has 0 N–H and O–H groups in total. The third kappa shape index (κ3) is 2.34. The van der Waals surface area contributed by atoms with Crippen LogP contribution in [-0.4, -0.2) is 35.8 Å².